The normalized spacial score (nSPS) is 11.6. The molecular weight excluding hydrogens is 270 g/mol. The number of nitrogens with zero attached hydrogens (tertiary/aromatic N) is 5. The fourth-order valence-corrected chi connectivity index (χ4v) is 1.83. The van der Waals surface area contributed by atoms with E-state index in [-0.39, 0.29) is 0 Å². The van der Waals surface area contributed by atoms with Crippen LogP contribution < -0.4 is 10.6 Å². The van der Waals surface area contributed by atoms with Crippen molar-refractivity contribution in [2.45, 2.75) is 26.3 Å². The van der Waals surface area contributed by atoms with Crippen LogP contribution >= 0.6 is 0 Å². The van der Waals surface area contributed by atoms with E-state index in [0.29, 0.717) is 24.7 Å². The van der Waals surface area contributed by atoms with Crippen LogP contribution in [0.25, 0.3) is 0 Å². The van der Waals surface area contributed by atoms with Crippen LogP contribution in [0.3, 0.4) is 0 Å². The van der Waals surface area contributed by atoms with Gasteiger partial charge >= 0.3 is 0 Å². The summed E-state index contributed by atoms with van der Waals surface area (Å²) < 4.78 is 6.96. The van der Waals surface area contributed by atoms with E-state index >= 15 is 0 Å². The smallest absolute Gasteiger partial charge is 0.228 e. The van der Waals surface area contributed by atoms with Crippen molar-refractivity contribution in [2.24, 2.45) is 4.99 Å². The van der Waals surface area contributed by atoms with Crippen LogP contribution in [0.2, 0.25) is 0 Å². The average molecular weight is 291 g/mol. The zero-order valence-corrected chi connectivity index (χ0v) is 12.4. The minimum Gasteiger partial charge on any atom is -0.356 e. The van der Waals surface area contributed by atoms with Gasteiger partial charge in [-0.2, -0.15) is 10.1 Å². The molecule has 114 valence electrons. The highest BCUT2D eigenvalue weighted by atomic mass is 16.5. The summed E-state index contributed by atoms with van der Waals surface area (Å²) >= 11 is 0. The third kappa shape index (κ3) is 5.25. The van der Waals surface area contributed by atoms with Gasteiger partial charge in [0.1, 0.15) is 0 Å². The van der Waals surface area contributed by atoms with Gasteiger partial charge in [-0.05, 0) is 19.4 Å². The number of hydrogen-bond donors (Lipinski definition) is 2. The number of aryl methyl sites for hydroxylation is 2. The van der Waals surface area contributed by atoms with E-state index in [9.17, 15) is 0 Å². The molecule has 0 aliphatic heterocycles. The second-order valence-electron chi connectivity index (χ2n) is 4.53. The fraction of sp³-hybridized carbons (Fsp3) is 0.538. The van der Waals surface area contributed by atoms with E-state index in [1.807, 2.05) is 16.9 Å². The maximum atomic E-state index is 5.05. The molecule has 0 aromatic carbocycles. The monoisotopic (exact) mass is 291 g/mol. The Morgan fingerprint density at radius 1 is 1.38 bits per heavy atom. The zero-order valence-electron chi connectivity index (χ0n) is 12.4. The van der Waals surface area contributed by atoms with Gasteiger partial charge in [0.15, 0.2) is 11.8 Å². The molecule has 0 amide bonds. The first kappa shape index (κ1) is 15.0. The Morgan fingerprint density at radius 3 is 2.90 bits per heavy atom. The number of aromatic nitrogens is 4. The predicted molar refractivity (Wildman–Crippen MR) is 78.9 cm³/mol. The van der Waals surface area contributed by atoms with Crippen molar-refractivity contribution in [1.29, 1.82) is 0 Å². The van der Waals surface area contributed by atoms with Gasteiger partial charge in [-0.25, -0.2) is 0 Å². The standard InChI is InChI=1S/C13H21N7O/c1-11-18-12(21-19-11)5-8-16-13(14-2)15-6-3-9-20-10-4-7-17-20/h4,7,10H,3,5-6,8-9H2,1-2H3,(H2,14,15,16). The summed E-state index contributed by atoms with van der Waals surface area (Å²) in [5, 5.41) is 14.4. The van der Waals surface area contributed by atoms with Crippen molar-refractivity contribution in [3.63, 3.8) is 0 Å². The van der Waals surface area contributed by atoms with Gasteiger partial charge < -0.3 is 15.2 Å². The van der Waals surface area contributed by atoms with Crippen LogP contribution in [-0.4, -0.2) is 46.0 Å². The SMILES string of the molecule is CN=C(NCCCn1cccn1)NCCc1nc(C)no1. The highest BCUT2D eigenvalue weighted by Gasteiger charge is 2.03. The van der Waals surface area contributed by atoms with Crippen LogP contribution in [0.5, 0.6) is 0 Å². The first-order valence-electron chi connectivity index (χ1n) is 6.99. The van der Waals surface area contributed by atoms with Crippen molar-refractivity contribution in [3.05, 3.63) is 30.2 Å². The fourth-order valence-electron chi connectivity index (χ4n) is 1.83. The summed E-state index contributed by atoms with van der Waals surface area (Å²) in [5.41, 5.74) is 0. The van der Waals surface area contributed by atoms with Gasteiger partial charge in [-0.1, -0.05) is 5.16 Å². The molecule has 2 aromatic heterocycles. The molecule has 0 saturated heterocycles. The van der Waals surface area contributed by atoms with E-state index in [4.69, 9.17) is 4.52 Å². The van der Waals surface area contributed by atoms with Crippen molar-refractivity contribution in [1.82, 2.24) is 30.6 Å². The molecule has 2 heterocycles. The lowest BCUT2D eigenvalue weighted by molar-refractivity contribution is 0.374. The van der Waals surface area contributed by atoms with Gasteiger partial charge in [0.2, 0.25) is 5.89 Å². The van der Waals surface area contributed by atoms with Crippen LogP contribution in [-0.2, 0) is 13.0 Å². The van der Waals surface area contributed by atoms with Crippen LogP contribution in [0.1, 0.15) is 18.1 Å². The Bertz CT molecular complexity index is 547. The Hall–Kier alpha value is -2.38. The highest BCUT2D eigenvalue weighted by Crippen LogP contribution is 1.95. The molecule has 0 unspecified atom stereocenters. The molecule has 2 N–H and O–H groups in total. The molecule has 21 heavy (non-hydrogen) atoms. The quantitative estimate of drug-likeness (QED) is 0.435. The maximum absolute atomic E-state index is 5.05. The van der Waals surface area contributed by atoms with Gasteiger partial charge in [0.05, 0.1) is 0 Å². The molecule has 0 radical (unpaired) electrons. The Labute approximate surface area is 123 Å². The van der Waals surface area contributed by atoms with E-state index in [2.05, 4.69) is 30.9 Å². The largest absolute Gasteiger partial charge is 0.356 e. The summed E-state index contributed by atoms with van der Waals surface area (Å²) in [7, 11) is 1.75. The number of aliphatic imine (C=N–C) groups is 1. The third-order valence-corrected chi connectivity index (χ3v) is 2.84. The van der Waals surface area contributed by atoms with Gasteiger partial charge in [-0.15, -0.1) is 0 Å². The summed E-state index contributed by atoms with van der Waals surface area (Å²) in [6, 6.07) is 1.92. The minimum absolute atomic E-state index is 0.633. The molecule has 0 fully saturated rings. The molecule has 0 spiro atoms. The van der Waals surface area contributed by atoms with Crippen LogP contribution in [0.15, 0.2) is 28.0 Å². The average Bonchev–Trinajstić information content (AvgIpc) is 3.13. The molecular formula is C13H21N7O. The number of nitrogens with one attached hydrogen (secondary N) is 2. The second kappa shape index (κ2) is 8.03. The minimum atomic E-state index is 0.633. The lowest BCUT2D eigenvalue weighted by Gasteiger charge is -2.10. The summed E-state index contributed by atoms with van der Waals surface area (Å²) in [6.45, 7) is 4.22. The van der Waals surface area contributed by atoms with Gasteiger partial charge in [0.25, 0.3) is 0 Å². The van der Waals surface area contributed by atoms with Gasteiger partial charge in [0, 0.05) is 45.5 Å². The summed E-state index contributed by atoms with van der Waals surface area (Å²) in [5.74, 6) is 2.06. The molecule has 0 atom stereocenters. The molecule has 8 heteroatoms. The number of hydrogen-bond acceptors (Lipinski definition) is 5. The molecule has 2 rings (SSSR count). The molecule has 0 bridgehead atoms. The van der Waals surface area contributed by atoms with Crippen molar-refractivity contribution < 1.29 is 4.52 Å². The third-order valence-electron chi connectivity index (χ3n) is 2.84. The molecule has 0 saturated carbocycles. The van der Waals surface area contributed by atoms with E-state index in [1.54, 1.807) is 20.2 Å². The predicted octanol–water partition coefficient (Wildman–Crippen LogP) is 0.372. The van der Waals surface area contributed by atoms with E-state index in [0.717, 1.165) is 25.5 Å². The second-order valence-corrected chi connectivity index (χ2v) is 4.53. The summed E-state index contributed by atoms with van der Waals surface area (Å²) in [4.78, 5) is 8.31. The Morgan fingerprint density at radius 2 is 2.24 bits per heavy atom. The van der Waals surface area contributed by atoms with Crippen LogP contribution in [0.4, 0.5) is 0 Å². The van der Waals surface area contributed by atoms with E-state index < -0.39 is 0 Å². The maximum Gasteiger partial charge on any atom is 0.228 e. The van der Waals surface area contributed by atoms with Crippen molar-refractivity contribution in [3.8, 4) is 0 Å². The Balaban J connectivity index is 1.59. The summed E-state index contributed by atoms with van der Waals surface area (Å²) in [6.07, 6.45) is 5.40. The highest BCUT2D eigenvalue weighted by molar-refractivity contribution is 5.79. The van der Waals surface area contributed by atoms with Crippen LogP contribution in [0, 0.1) is 6.92 Å². The molecule has 2 aromatic rings. The number of guanidine groups is 1. The van der Waals surface area contributed by atoms with E-state index in [1.165, 1.54) is 0 Å². The van der Waals surface area contributed by atoms with Crippen molar-refractivity contribution in [2.75, 3.05) is 20.1 Å². The molecule has 0 aliphatic carbocycles. The first-order chi connectivity index (χ1) is 10.3. The molecule has 0 aliphatic rings. The van der Waals surface area contributed by atoms with Crippen molar-refractivity contribution >= 4 is 5.96 Å². The number of rotatable bonds is 7. The lowest BCUT2D eigenvalue weighted by atomic mass is 10.4. The van der Waals surface area contributed by atoms with Gasteiger partial charge in [-0.3, -0.25) is 9.67 Å². The first-order valence-corrected chi connectivity index (χ1v) is 6.99. The topological polar surface area (TPSA) is 93.2 Å². The zero-order chi connectivity index (χ0) is 14.9. The molecule has 8 nitrogen and oxygen atoms in total. The Kier molecular flexibility index (Phi) is 5.74. The lowest BCUT2D eigenvalue weighted by Crippen LogP contribution is -2.39.